The smallest absolute Gasteiger partial charge is 0.326 e. The molecule has 12 heteroatoms. The molecule has 12 nitrogen and oxygen atoms in total. The van der Waals surface area contributed by atoms with Crippen LogP contribution in [0, 0.1) is 0 Å². The zero-order valence-electron chi connectivity index (χ0n) is 18.7. The highest BCUT2D eigenvalue weighted by molar-refractivity contribution is 5.96. The highest BCUT2D eigenvalue weighted by Gasteiger charge is 2.39. The number of nitrogens with one attached hydrogen (secondary N) is 2. The Kier molecular flexibility index (Phi) is 9.51. The van der Waals surface area contributed by atoms with Gasteiger partial charge in [0.25, 0.3) is 0 Å². The second kappa shape index (κ2) is 12.1. The number of likely N-dealkylation sites (tertiary alicyclic amines) is 1. The first kappa shape index (κ1) is 26.7. The Morgan fingerprint density at radius 2 is 1.68 bits per heavy atom. The van der Waals surface area contributed by atoms with Crippen LogP contribution in [0.5, 0.6) is 0 Å². The monoisotopic (exact) mass is 478 g/mol. The second-order valence-corrected chi connectivity index (χ2v) is 8.20. The average Bonchev–Trinajstić information content (AvgIpc) is 3.27. The van der Waals surface area contributed by atoms with Crippen LogP contribution in [-0.4, -0.2) is 86.7 Å². The van der Waals surface area contributed by atoms with E-state index in [9.17, 15) is 39.3 Å². The number of carbonyl (C=O) groups excluding carboxylic acids is 3. The van der Waals surface area contributed by atoms with Gasteiger partial charge in [-0.25, -0.2) is 4.79 Å². The number of hydrogen-bond acceptors (Lipinski definition) is 7. The SMILES string of the molecule is CC(O)C(N)C(=O)NC(Cc1ccccc1)C(=O)NC(CC(=O)O)C(=O)N1CCCC1C(=O)O. The van der Waals surface area contributed by atoms with E-state index in [1.165, 1.54) is 6.92 Å². The van der Waals surface area contributed by atoms with Crippen molar-refractivity contribution in [3.63, 3.8) is 0 Å². The summed E-state index contributed by atoms with van der Waals surface area (Å²) in [7, 11) is 0. The van der Waals surface area contributed by atoms with E-state index in [1.54, 1.807) is 30.3 Å². The maximum Gasteiger partial charge on any atom is 0.326 e. The van der Waals surface area contributed by atoms with E-state index in [0.717, 1.165) is 4.90 Å². The molecule has 1 fully saturated rings. The number of nitrogens with two attached hydrogens (primary N) is 1. The summed E-state index contributed by atoms with van der Waals surface area (Å²) in [6.45, 7) is 1.43. The van der Waals surface area contributed by atoms with Gasteiger partial charge in [0.2, 0.25) is 17.7 Å². The number of nitrogens with zero attached hydrogens (tertiary/aromatic N) is 1. The lowest BCUT2D eigenvalue weighted by Crippen LogP contribution is -2.59. The molecule has 2 rings (SSSR count). The maximum atomic E-state index is 13.1. The fourth-order valence-electron chi connectivity index (χ4n) is 3.68. The van der Waals surface area contributed by atoms with Gasteiger partial charge in [-0.3, -0.25) is 19.2 Å². The molecular formula is C22H30N4O8. The second-order valence-electron chi connectivity index (χ2n) is 8.20. The molecule has 0 aromatic heterocycles. The minimum absolute atomic E-state index is 0.000387. The van der Waals surface area contributed by atoms with E-state index in [-0.39, 0.29) is 19.4 Å². The Bertz CT molecular complexity index is 907. The third kappa shape index (κ3) is 7.25. The molecule has 1 saturated heterocycles. The number of carboxylic acid groups (broad SMARTS) is 2. The number of carboxylic acids is 2. The number of rotatable bonds is 11. The molecule has 34 heavy (non-hydrogen) atoms. The lowest BCUT2D eigenvalue weighted by molar-refractivity contribution is -0.150. The van der Waals surface area contributed by atoms with Gasteiger partial charge in [0.1, 0.15) is 24.2 Å². The van der Waals surface area contributed by atoms with Crippen molar-refractivity contribution in [2.75, 3.05) is 6.54 Å². The molecule has 5 unspecified atom stereocenters. The summed E-state index contributed by atoms with van der Waals surface area (Å²) < 4.78 is 0. The van der Waals surface area contributed by atoms with Crippen molar-refractivity contribution in [1.29, 1.82) is 0 Å². The summed E-state index contributed by atoms with van der Waals surface area (Å²) in [5, 5.41) is 33.0. The zero-order chi connectivity index (χ0) is 25.4. The van der Waals surface area contributed by atoms with Crippen LogP contribution in [0.3, 0.4) is 0 Å². The van der Waals surface area contributed by atoms with E-state index in [2.05, 4.69) is 10.6 Å². The molecule has 7 N–H and O–H groups in total. The summed E-state index contributed by atoms with van der Waals surface area (Å²) in [6, 6.07) is 3.44. The van der Waals surface area contributed by atoms with Crippen molar-refractivity contribution in [2.45, 2.75) is 62.9 Å². The number of aliphatic carboxylic acids is 2. The Labute approximate surface area is 196 Å². The minimum atomic E-state index is -1.54. The van der Waals surface area contributed by atoms with E-state index < -0.39 is 66.4 Å². The molecular weight excluding hydrogens is 448 g/mol. The van der Waals surface area contributed by atoms with Gasteiger partial charge in [0.05, 0.1) is 12.5 Å². The standard InChI is InChI=1S/C22H30N4O8/c1-12(27)18(23)20(31)24-14(10-13-6-3-2-4-7-13)19(30)25-15(11-17(28)29)21(32)26-9-5-8-16(26)22(33)34/h2-4,6-7,12,14-16,18,27H,5,8-11,23H2,1H3,(H,24,31)(H,25,30)(H,28,29)(H,33,34). The summed E-state index contributed by atoms with van der Waals surface area (Å²) in [5.41, 5.74) is 6.32. The highest BCUT2D eigenvalue weighted by atomic mass is 16.4. The maximum absolute atomic E-state index is 13.1. The van der Waals surface area contributed by atoms with E-state index in [1.807, 2.05) is 0 Å². The van der Waals surface area contributed by atoms with Crippen LogP contribution in [0.2, 0.25) is 0 Å². The van der Waals surface area contributed by atoms with Gasteiger partial charge < -0.3 is 36.6 Å². The van der Waals surface area contributed by atoms with E-state index >= 15 is 0 Å². The molecule has 1 aromatic rings. The first-order valence-electron chi connectivity index (χ1n) is 10.8. The van der Waals surface area contributed by atoms with Crippen molar-refractivity contribution in [2.24, 2.45) is 5.73 Å². The molecule has 5 atom stereocenters. The normalized spacial score (nSPS) is 18.9. The van der Waals surface area contributed by atoms with Crippen LogP contribution in [0.4, 0.5) is 0 Å². The molecule has 3 amide bonds. The molecule has 0 bridgehead atoms. The van der Waals surface area contributed by atoms with Gasteiger partial charge >= 0.3 is 11.9 Å². The lowest BCUT2D eigenvalue weighted by Gasteiger charge is -2.28. The summed E-state index contributed by atoms with van der Waals surface area (Å²) in [6.07, 6.45) is -1.31. The summed E-state index contributed by atoms with van der Waals surface area (Å²) in [5.74, 6) is -5.07. The van der Waals surface area contributed by atoms with Crippen LogP contribution in [0.15, 0.2) is 30.3 Å². The fraction of sp³-hybridized carbons (Fsp3) is 0.500. The number of hydrogen-bond donors (Lipinski definition) is 6. The zero-order valence-corrected chi connectivity index (χ0v) is 18.7. The summed E-state index contributed by atoms with van der Waals surface area (Å²) >= 11 is 0. The predicted molar refractivity (Wildman–Crippen MR) is 118 cm³/mol. The topological polar surface area (TPSA) is 199 Å². The van der Waals surface area contributed by atoms with Gasteiger partial charge in [-0.05, 0) is 25.3 Å². The molecule has 0 aliphatic carbocycles. The van der Waals surface area contributed by atoms with Crippen molar-refractivity contribution < 1.29 is 39.3 Å². The van der Waals surface area contributed by atoms with Crippen molar-refractivity contribution in [1.82, 2.24) is 15.5 Å². The van der Waals surface area contributed by atoms with Crippen LogP contribution < -0.4 is 16.4 Å². The molecule has 0 saturated carbocycles. The molecule has 1 aliphatic rings. The Morgan fingerprint density at radius 1 is 1.06 bits per heavy atom. The highest BCUT2D eigenvalue weighted by Crippen LogP contribution is 2.19. The predicted octanol–water partition coefficient (Wildman–Crippen LogP) is -1.54. The Balaban J connectivity index is 2.25. The lowest BCUT2D eigenvalue weighted by atomic mass is 10.0. The first-order valence-corrected chi connectivity index (χ1v) is 10.8. The Morgan fingerprint density at radius 3 is 2.24 bits per heavy atom. The van der Waals surface area contributed by atoms with E-state index in [4.69, 9.17) is 5.73 Å². The molecule has 1 aliphatic heterocycles. The molecule has 1 aromatic carbocycles. The number of amides is 3. The third-order valence-corrected chi connectivity index (χ3v) is 5.55. The van der Waals surface area contributed by atoms with Crippen LogP contribution in [0.1, 0.15) is 31.7 Å². The molecule has 1 heterocycles. The van der Waals surface area contributed by atoms with Gasteiger partial charge in [0, 0.05) is 13.0 Å². The largest absolute Gasteiger partial charge is 0.481 e. The van der Waals surface area contributed by atoms with E-state index in [0.29, 0.717) is 12.0 Å². The summed E-state index contributed by atoms with van der Waals surface area (Å²) in [4.78, 5) is 62.4. The number of benzene rings is 1. The van der Waals surface area contributed by atoms with Crippen LogP contribution in [-0.2, 0) is 30.4 Å². The average molecular weight is 479 g/mol. The molecule has 0 radical (unpaired) electrons. The van der Waals surface area contributed by atoms with Gasteiger partial charge in [-0.2, -0.15) is 0 Å². The molecule has 186 valence electrons. The van der Waals surface area contributed by atoms with Gasteiger partial charge in [0.15, 0.2) is 0 Å². The number of aliphatic hydroxyl groups is 1. The quantitative estimate of drug-likeness (QED) is 0.218. The fourth-order valence-corrected chi connectivity index (χ4v) is 3.68. The van der Waals surface area contributed by atoms with Crippen LogP contribution >= 0.6 is 0 Å². The Hall–Kier alpha value is -3.51. The minimum Gasteiger partial charge on any atom is -0.481 e. The number of carbonyl (C=O) groups is 5. The van der Waals surface area contributed by atoms with Crippen molar-refractivity contribution in [3.8, 4) is 0 Å². The molecule has 0 spiro atoms. The van der Waals surface area contributed by atoms with Crippen molar-refractivity contribution >= 4 is 29.7 Å². The number of aliphatic hydroxyl groups excluding tert-OH is 1. The third-order valence-electron chi connectivity index (χ3n) is 5.55. The van der Waals surface area contributed by atoms with Crippen molar-refractivity contribution in [3.05, 3.63) is 35.9 Å². The van der Waals surface area contributed by atoms with Gasteiger partial charge in [-0.15, -0.1) is 0 Å². The van der Waals surface area contributed by atoms with Crippen LogP contribution in [0.25, 0.3) is 0 Å². The van der Waals surface area contributed by atoms with Gasteiger partial charge in [-0.1, -0.05) is 30.3 Å². The first-order chi connectivity index (χ1) is 16.0.